The number of piperidine rings is 1. The lowest BCUT2D eigenvalue weighted by Crippen LogP contribution is -2.33. The summed E-state index contributed by atoms with van der Waals surface area (Å²) in [4.78, 5) is 17.4. The largest absolute Gasteiger partial charge is 0.376 e. The monoisotopic (exact) mass is 292 g/mol. The number of ether oxygens (including phenoxy) is 1. The molecule has 1 atom stereocenters. The van der Waals surface area contributed by atoms with Gasteiger partial charge in [0.15, 0.2) is 0 Å². The lowest BCUT2D eigenvalue weighted by atomic mass is 10.1. The Morgan fingerprint density at radius 1 is 1.19 bits per heavy atom. The van der Waals surface area contributed by atoms with E-state index in [1.807, 2.05) is 11.9 Å². The first-order chi connectivity index (χ1) is 10.2. The Morgan fingerprint density at radius 3 is 2.71 bits per heavy atom. The van der Waals surface area contributed by atoms with Crippen LogP contribution in [0.3, 0.4) is 0 Å². The Morgan fingerprint density at radius 2 is 2.00 bits per heavy atom. The summed E-state index contributed by atoms with van der Waals surface area (Å²) in [7, 11) is 1.98. The van der Waals surface area contributed by atoms with Crippen LogP contribution in [0.2, 0.25) is 0 Å². The smallest absolute Gasteiger partial charge is 0.231 e. The van der Waals surface area contributed by atoms with Crippen LogP contribution < -0.4 is 15.5 Å². The minimum Gasteiger partial charge on any atom is -0.376 e. The molecule has 1 unspecified atom stereocenters. The standard InChI is InChI=1S/C14H24N6O/c1-19(10-11-6-5-9-21-11)13-16-12(15)17-14(18-13)20-7-3-2-4-8-20/h11H,2-10H2,1H3,(H2,15,16,17,18). The molecule has 2 N–H and O–H groups in total. The van der Waals surface area contributed by atoms with Crippen LogP contribution >= 0.6 is 0 Å². The molecule has 0 amide bonds. The van der Waals surface area contributed by atoms with Crippen LogP contribution in [0, 0.1) is 0 Å². The Hall–Kier alpha value is -1.63. The molecule has 0 bridgehead atoms. The van der Waals surface area contributed by atoms with Crippen molar-refractivity contribution in [3.8, 4) is 0 Å². The van der Waals surface area contributed by atoms with Crippen molar-refractivity contribution >= 4 is 17.8 Å². The lowest BCUT2D eigenvalue weighted by Gasteiger charge is -2.28. The molecule has 2 aliphatic rings. The number of hydrogen-bond acceptors (Lipinski definition) is 7. The molecule has 7 heteroatoms. The van der Waals surface area contributed by atoms with Gasteiger partial charge in [-0.1, -0.05) is 0 Å². The molecule has 7 nitrogen and oxygen atoms in total. The minimum absolute atomic E-state index is 0.270. The summed E-state index contributed by atoms with van der Waals surface area (Å²) in [5, 5.41) is 0. The van der Waals surface area contributed by atoms with E-state index in [1.54, 1.807) is 0 Å². The van der Waals surface area contributed by atoms with Crippen molar-refractivity contribution < 1.29 is 4.74 Å². The van der Waals surface area contributed by atoms with E-state index < -0.39 is 0 Å². The predicted molar refractivity (Wildman–Crippen MR) is 82.5 cm³/mol. The molecule has 116 valence electrons. The van der Waals surface area contributed by atoms with Gasteiger partial charge in [0.1, 0.15) is 0 Å². The third-order valence-corrected chi connectivity index (χ3v) is 4.11. The van der Waals surface area contributed by atoms with Gasteiger partial charge < -0.3 is 20.3 Å². The number of hydrogen-bond donors (Lipinski definition) is 1. The molecular formula is C14H24N6O. The summed E-state index contributed by atoms with van der Waals surface area (Å²) >= 11 is 0. The van der Waals surface area contributed by atoms with Crippen LogP contribution in [0.15, 0.2) is 0 Å². The first kappa shape index (κ1) is 14.3. The van der Waals surface area contributed by atoms with E-state index >= 15 is 0 Å². The number of anilines is 3. The highest BCUT2D eigenvalue weighted by Crippen LogP contribution is 2.20. The first-order valence-corrected chi connectivity index (χ1v) is 7.81. The van der Waals surface area contributed by atoms with Crippen molar-refractivity contribution in [1.29, 1.82) is 0 Å². The maximum absolute atomic E-state index is 5.87. The highest BCUT2D eigenvalue weighted by atomic mass is 16.5. The van der Waals surface area contributed by atoms with Gasteiger partial charge in [0.25, 0.3) is 0 Å². The Bertz CT molecular complexity index is 471. The van der Waals surface area contributed by atoms with Gasteiger partial charge in [-0.25, -0.2) is 0 Å². The van der Waals surface area contributed by atoms with Crippen LogP contribution in [0.1, 0.15) is 32.1 Å². The number of rotatable bonds is 4. The Labute approximate surface area is 125 Å². The van der Waals surface area contributed by atoms with E-state index in [9.17, 15) is 0 Å². The number of likely N-dealkylation sites (N-methyl/N-ethyl adjacent to an activating group) is 1. The second kappa shape index (κ2) is 6.43. The first-order valence-electron chi connectivity index (χ1n) is 7.81. The van der Waals surface area contributed by atoms with Gasteiger partial charge in [-0.2, -0.15) is 15.0 Å². The van der Waals surface area contributed by atoms with Gasteiger partial charge >= 0.3 is 0 Å². The average molecular weight is 292 g/mol. The molecule has 21 heavy (non-hydrogen) atoms. The van der Waals surface area contributed by atoms with Gasteiger partial charge in [0, 0.05) is 33.3 Å². The van der Waals surface area contributed by atoms with E-state index in [-0.39, 0.29) is 6.10 Å². The summed E-state index contributed by atoms with van der Waals surface area (Å²) in [6, 6.07) is 0. The molecule has 1 aromatic heterocycles. The zero-order valence-electron chi connectivity index (χ0n) is 12.7. The summed E-state index contributed by atoms with van der Waals surface area (Å²) in [6.07, 6.45) is 6.16. The van der Waals surface area contributed by atoms with Crippen molar-refractivity contribution in [3.63, 3.8) is 0 Å². The molecule has 3 rings (SSSR count). The van der Waals surface area contributed by atoms with E-state index in [1.165, 1.54) is 19.3 Å². The topological polar surface area (TPSA) is 80.4 Å². The second-order valence-corrected chi connectivity index (χ2v) is 5.86. The number of nitrogens with zero attached hydrogens (tertiary/aromatic N) is 5. The fourth-order valence-corrected chi connectivity index (χ4v) is 2.95. The van der Waals surface area contributed by atoms with Crippen molar-refractivity contribution in [1.82, 2.24) is 15.0 Å². The maximum Gasteiger partial charge on any atom is 0.231 e. The zero-order valence-corrected chi connectivity index (χ0v) is 12.7. The van der Waals surface area contributed by atoms with Crippen LogP contribution in [0.5, 0.6) is 0 Å². The van der Waals surface area contributed by atoms with E-state index in [0.717, 1.165) is 39.1 Å². The summed E-state index contributed by atoms with van der Waals surface area (Å²) in [5.74, 6) is 1.63. The molecule has 2 fully saturated rings. The van der Waals surface area contributed by atoms with Crippen LogP contribution in [0.25, 0.3) is 0 Å². The van der Waals surface area contributed by atoms with Gasteiger partial charge in [0.2, 0.25) is 17.8 Å². The highest BCUT2D eigenvalue weighted by molar-refractivity contribution is 5.43. The van der Waals surface area contributed by atoms with Crippen LogP contribution in [0.4, 0.5) is 17.8 Å². The van der Waals surface area contributed by atoms with Gasteiger partial charge in [-0.05, 0) is 32.1 Å². The fourth-order valence-electron chi connectivity index (χ4n) is 2.95. The molecule has 0 radical (unpaired) electrons. The summed E-state index contributed by atoms with van der Waals surface area (Å²) in [6.45, 7) is 3.65. The third-order valence-electron chi connectivity index (χ3n) is 4.11. The molecule has 1 aromatic rings. The number of nitrogens with two attached hydrogens (primary N) is 1. The maximum atomic E-state index is 5.87. The van der Waals surface area contributed by atoms with Crippen molar-refractivity contribution in [3.05, 3.63) is 0 Å². The molecule has 0 spiro atoms. The molecule has 2 aliphatic heterocycles. The average Bonchev–Trinajstić information content (AvgIpc) is 3.00. The highest BCUT2D eigenvalue weighted by Gasteiger charge is 2.21. The molecular weight excluding hydrogens is 268 g/mol. The minimum atomic E-state index is 0.270. The van der Waals surface area contributed by atoms with Gasteiger partial charge in [-0.3, -0.25) is 0 Å². The quantitative estimate of drug-likeness (QED) is 0.888. The van der Waals surface area contributed by atoms with Crippen molar-refractivity contribution in [2.45, 2.75) is 38.2 Å². The normalized spacial score (nSPS) is 22.5. The van der Waals surface area contributed by atoms with Crippen molar-refractivity contribution in [2.24, 2.45) is 0 Å². The summed E-state index contributed by atoms with van der Waals surface area (Å²) < 4.78 is 5.67. The van der Waals surface area contributed by atoms with Crippen LogP contribution in [-0.2, 0) is 4.74 Å². The predicted octanol–water partition coefficient (Wildman–Crippen LogP) is 1.06. The van der Waals surface area contributed by atoms with Crippen LogP contribution in [-0.4, -0.2) is 54.3 Å². The Kier molecular flexibility index (Phi) is 4.38. The lowest BCUT2D eigenvalue weighted by molar-refractivity contribution is 0.116. The Balaban J connectivity index is 1.73. The fraction of sp³-hybridized carbons (Fsp3) is 0.786. The van der Waals surface area contributed by atoms with E-state index in [2.05, 4.69) is 19.9 Å². The van der Waals surface area contributed by atoms with E-state index in [4.69, 9.17) is 10.5 Å². The molecule has 3 heterocycles. The van der Waals surface area contributed by atoms with Crippen molar-refractivity contribution in [2.75, 3.05) is 48.8 Å². The molecule has 2 saturated heterocycles. The third kappa shape index (κ3) is 3.53. The molecule has 0 saturated carbocycles. The van der Waals surface area contributed by atoms with E-state index in [0.29, 0.717) is 17.8 Å². The van der Waals surface area contributed by atoms with Gasteiger partial charge in [-0.15, -0.1) is 0 Å². The van der Waals surface area contributed by atoms with Gasteiger partial charge in [0.05, 0.1) is 6.10 Å². The number of nitrogen functional groups attached to an aromatic ring is 1. The number of aromatic nitrogens is 3. The molecule has 0 aliphatic carbocycles. The zero-order chi connectivity index (χ0) is 14.7. The molecule has 0 aromatic carbocycles. The second-order valence-electron chi connectivity index (χ2n) is 5.86. The summed E-state index contributed by atoms with van der Waals surface area (Å²) in [5.41, 5.74) is 5.87. The SMILES string of the molecule is CN(CC1CCCO1)c1nc(N)nc(N2CCCCC2)n1.